The molecule has 0 N–H and O–H groups in total. The maximum Gasteiger partial charge on any atom is 0.0669 e. The van der Waals surface area contributed by atoms with Gasteiger partial charge in [-0.15, -0.1) is 0 Å². The number of hydrogen-bond donors (Lipinski definition) is 0. The summed E-state index contributed by atoms with van der Waals surface area (Å²) in [5, 5.41) is 8.72. The Morgan fingerprint density at radius 1 is 1.11 bits per heavy atom. The summed E-state index contributed by atoms with van der Waals surface area (Å²) in [5.41, 5.74) is 2.45. The first-order chi connectivity index (χ1) is 8.81. The molecule has 0 unspecified atom stereocenters. The zero-order valence-electron chi connectivity index (χ0n) is 11.1. The fourth-order valence-corrected chi connectivity index (χ4v) is 2.45. The number of nitrogens with zero attached hydrogens (tertiary/aromatic N) is 3. The van der Waals surface area contributed by atoms with Gasteiger partial charge in [-0.2, -0.15) is 5.26 Å². The number of nitriles is 1. The zero-order chi connectivity index (χ0) is 12.8. The Balaban J connectivity index is 1.90. The zero-order valence-corrected chi connectivity index (χ0v) is 11.1. The van der Waals surface area contributed by atoms with E-state index in [4.69, 9.17) is 5.26 Å². The number of hydrogen-bond acceptors (Lipinski definition) is 3. The van der Waals surface area contributed by atoms with E-state index in [-0.39, 0.29) is 0 Å². The molecule has 1 aliphatic heterocycles. The summed E-state index contributed by atoms with van der Waals surface area (Å²) in [5.74, 6) is 0. The lowest BCUT2D eigenvalue weighted by molar-refractivity contribution is 0.132. The van der Waals surface area contributed by atoms with E-state index in [1.807, 2.05) is 6.07 Å². The first-order valence-corrected chi connectivity index (χ1v) is 6.71. The summed E-state index contributed by atoms with van der Waals surface area (Å²) >= 11 is 0. The Morgan fingerprint density at radius 3 is 2.44 bits per heavy atom. The van der Waals surface area contributed by atoms with E-state index in [0.717, 1.165) is 31.7 Å². The third-order valence-electron chi connectivity index (χ3n) is 3.59. The van der Waals surface area contributed by atoms with Gasteiger partial charge < -0.3 is 4.90 Å². The van der Waals surface area contributed by atoms with E-state index in [2.05, 4.69) is 41.0 Å². The molecular formula is C15H21N3. The topological polar surface area (TPSA) is 30.3 Å². The van der Waals surface area contributed by atoms with Crippen LogP contribution in [0.2, 0.25) is 0 Å². The minimum Gasteiger partial charge on any atom is -0.301 e. The molecule has 3 heteroatoms. The quantitative estimate of drug-likeness (QED) is 0.809. The van der Waals surface area contributed by atoms with Gasteiger partial charge in [-0.1, -0.05) is 31.2 Å². The Bertz CT molecular complexity index is 414. The molecule has 0 atom stereocenters. The summed E-state index contributed by atoms with van der Waals surface area (Å²) in [7, 11) is 0. The van der Waals surface area contributed by atoms with Crippen molar-refractivity contribution in [3.63, 3.8) is 0 Å². The Morgan fingerprint density at radius 2 is 1.78 bits per heavy atom. The van der Waals surface area contributed by atoms with Gasteiger partial charge in [0.2, 0.25) is 0 Å². The maximum absolute atomic E-state index is 8.72. The molecule has 2 rings (SSSR count). The molecule has 0 bridgehead atoms. The molecule has 0 radical (unpaired) electrons. The highest BCUT2D eigenvalue weighted by molar-refractivity contribution is 5.25. The second kappa shape index (κ2) is 6.53. The number of rotatable bonds is 4. The number of piperazine rings is 1. The van der Waals surface area contributed by atoms with Crippen molar-refractivity contribution in [3.8, 4) is 6.07 Å². The van der Waals surface area contributed by atoms with Gasteiger partial charge in [-0.05, 0) is 17.7 Å². The molecule has 0 amide bonds. The van der Waals surface area contributed by atoms with Gasteiger partial charge in [0.1, 0.15) is 0 Å². The fraction of sp³-hybridized carbons (Fsp3) is 0.533. The highest BCUT2D eigenvalue weighted by atomic mass is 15.3. The van der Waals surface area contributed by atoms with Crippen LogP contribution in [0.5, 0.6) is 0 Å². The van der Waals surface area contributed by atoms with Crippen LogP contribution < -0.4 is 0 Å². The summed E-state index contributed by atoms with van der Waals surface area (Å²) in [4.78, 5) is 4.99. The molecule has 1 saturated heterocycles. The average molecular weight is 243 g/mol. The minimum absolute atomic E-state index is 0.511. The van der Waals surface area contributed by atoms with Gasteiger partial charge in [0.15, 0.2) is 0 Å². The highest BCUT2D eigenvalue weighted by Crippen LogP contribution is 2.11. The van der Waals surface area contributed by atoms with Gasteiger partial charge in [0.05, 0.1) is 12.5 Å². The lowest BCUT2D eigenvalue weighted by Crippen LogP contribution is -2.45. The monoisotopic (exact) mass is 243 g/mol. The van der Waals surface area contributed by atoms with Crippen LogP contribution in [0.4, 0.5) is 0 Å². The molecule has 1 aliphatic rings. The van der Waals surface area contributed by atoms with Crippen molar-refractivity contribution in [2.45, 2.75) is 19.9 Å². The summed E-state index contributed by atoms with van der Waals surface area (Å²) in [6, 6.07) is 10.6. The molecule has 1 fully saturated rings. The van der Waals surface area contributed by atoms with Crippen molar-refractivity contribution in [2.75, 3.05) is 32.7 Å². The van der Waals surface area contributed by atoms with Crippen molar-refractivity contribution in [3.05, 3.63) is 35.4 Å². The van der Waals surface area contributed by atoms with Gasteiger partial charge in [0, 0.05) is 32.7 Å². The molecule has 0 spiro atoms. The molecule has 0 aromatic heterocycles. The molecule has 0 aliphatic carbocycles. The smallest absolute Gasteiger partial charge is 0.0669 e. The second-order valence-electron chi connectivity index (χ2n) is 4.87. The Labute approximate surface area is 110 Å². The van der Waals surface area contributed by atoms with Crippen molar-refractivity contribution in [2.24, 2.45) is 0 Å². The lowest BCUT2D eigenvalue weighted by atomic mass is 10.1. The first-order valence-electron chi connectivity index (χ1n) is 6.71. The van der Waals surface area contributed by atoms with E-state index in [9.17, 15) is 0 Å². The molecule has 1 heterocycles. The van der Waals surface area contributed by atoms with Crippen LogP contribution in [0.1, 0.15) is 18.1 Å². The molecule has 96 valence electrons. The van der Waals surface area contributed by atoms with E-state index < -0.39 is 0 Å². The molecule has 1 aromatic rings. The second-order valence-corrected chi connectivity index (χ2v) is 4.87. The predicted molar refractivity (Wildman–Crippen MR) is 73.2 cm³/mol. The van der Waals surface area contributed by atoms with Crippen molar-refractivity contribution >= 4 is 0 Å². The summed E-state index contributed by atoms with van der Waals surface area (Å²) < 4.78 is 0. The minimum atomic E-state index is 0.511. The Kier molecular flexibility index (Phi) is 4.74. The number of benzene rings is 1. The van der Waals surface area contributed by atoms with Gasteiger partial charge >= 0.3 is 0 Å². The molecule has 3 nitrogen and oxygen atoms in total. The first kappa shape index (κ1) is 13.1. The molecule has 0 saturated carbocycles. The van der Waals surface area contributed by atoms with E-state index in [1.165, 1.54) is 18.7 Å². The SMILES string of the molecule is CCN1CCN(Cc2cccc(CC#N)c2)CC1. The van der Waals surface area contributed by atoms with Crippen LogP contribution in [-0.4, -0.2) is 42.5 Å². The van der Waals surface area contributed by atoms with E-state index in [1.54, 1.807) is 0 Å². The van der Waals surface area contributed by atoms with Crippen LogP contribution in [-0.2, 0) is 13.0 Å². The van der Waals surface area contributed by atoms with Crippen LogP contribution in [0.3, 0.4) is 0 Å². The summed E-state index contributed by atoms with van der Waals surface area (Å²) in [6.07, 6.45) is 0.511. The molecule has 18 heavy (non-hydrogen) atoms. The Hall–Kier alpha value is -1.37. The lowest BCUT2D eigenvalue weighted by Gasteiger charge is -2.34. The van der Waals surface area contributed by atoms with Crippen LogP contribution in [0.15, 0.2) is 24.3 Å². The van der Waals surface area contributed by atoms with Crippen LogP contribution >= 0.6 is 0 Å². The molecular weight excluding hydrogens is 222 g/mol. The van der Waals surface area contributed by atoms with Gasteiger partial charge in [-0.3, -0.25) is 4.90 Å². The van der Waals surface area contributed by atoms with Crippen LogP contribution in [0, 0.1) is 11.3 Å². The van der Waals surface area contributed by atoms with Crippen LogP contribution in [0.25, 0.3) is 0 Å². The van der Waals surface area contributed by atoms with E-state index >= 15 is 0 Å². The van der Waals surface area contributed by atoms with Crippen molar-refractivity contribution in [1.29, 1.82) is 5.26 Å². The van der Waals surface area contributed by atoms with Crippen molar-refractivity contribution < 1.29 is 0 Å². The number of likely N-dealkylation sites (N-methyl/N-ethyl adjacent to an activating group) is 1. The van der Waals surface area contributed by atoms with Gasteiger partial charge in [-0.25, -0.2) is 0 Å². The third-order valence-corrected chi connectivity index (χ3v) is 3.59. The normalized spacial score (nSPS) is 17.6. The van der Waals surface area contributed by atoms with E-state index in [0.29, 0.717) is 6.42 Å². The average Bonchev–Trinajstić information content (AvgIpc) is 2.40. The van der Waals surface area contributed by atoms with Crippen molar-refractivity contribution in [1.82, 2.24) is 9.80 Å². The fourth-order valence-electron chi connectivity index (χ4n) is 2.45. The maximum atomic E-state index is 8.72. The third kappa shape index (κ3) is 3.56. The van der Waals surface area contributed by atoms with Gasteiger partial charge in [0.25, 0.3) is 0 Å². The standard InChI is InChI=1S/C15H21N3/c1-2-17-8-10-18(11-9-17)13-15-5-3-4-14(12-15)6-7-16/h3-5,12H,2,6,8-11,13H2,1H3. The largest absolute Gasteiger partial charge is 0.301 e. The highest BCUT2D eigenvalue weighted by Gasteiger charge is 2.15. The predicted octanol–water partition coefficient (Wildman–Crippen LogP) is 1.89. The summed E-state index contributed by atoms with van der Waals surface area (Å²) in [6.45, 7) is 9.04. The molecule has 1 aromatic carbocycles.